The SMILES string of the molecule is CSc1ccccc1-n1c(=O)n(Cc2cc(=O)cc[nH]2)c(=O)c2cccnc21. The summed E-state index contributed by atoms with van der Waals surface area (Å²) < 4.78 is 2.57. The van der Waals surface area contributed by atoms with Gasteiger partial charge in [-0.25, -0.2) is 14.3 Å². The van der Waals surface area contributed by atoms with Crippen molar-refractivity contribution in [2.45, 2.75) is 11.4 Å². The summed E-state index contributed by atoms with van der Waals surface area (Å²) in [7, 11) is 0. The fourth-order valence-electron chi connectivity index (χ4n) is 3.11. The van der Waals surface area contributed by atoms with Crippen molar-refractivity contribution in [2.24, 2.45) is 0 Å². The minimum atomic E-state index is -0.512. The van der Waals surface area contributed by atoms with E-state index in [0.29, 0.717) is 22.4 Å². The number of nitrogens with one attached hydrogen (secondary N) is 1. The smallest absolute Gasteiger partial charge is 0.337 e. The van der Waals surface area contributed by atoms with Crippen LogP contribution in [-0.2, 0) is 6.54 Å². The first kappa shape index (κ1) is 18.0. The number of thioether (sulfide) groups is 1. The molecule has 28 heavy (non-hydrogen) atoms. The molecule has 0 saturated carbocycles. The second-order valence-corrected chi connectivity index (χ2v) is 6.95. The molecule has 140 valence electrons. The fourth-order valence-corrected chi connectivity index (χ4v) is 3.69. The third kappa shape index (κ3) is 3.07. The zero-order valence-electron chi connectivity index (χ0n) is 15.0. The van der Waals surface area contributed by atoms with Crippen LogP contribution in [0.15, 0.2) is 80.2 Å². The van der Waals surface area contributed by atoms with Gasteiger partial charge >= 0.3 is 5.69 Å². The first-order valence-corrected chi connectivity index (χ1v) is 9.74. The van der Waals surface area contributed by atoms with Gasteiger partial charge in [-0.15, -0.1) is 11.8 Å². The molecule has 0 atom stereocenters. The van der Waals surface area contributed by atoms with Crippen molar-refractivity contribution < 1.29 is 0 Å². The molecule has 0 saturated heterocycles. The van der Waals surface area contributed by atoms with Gasteiger partial charge in [0, 0.05) is 35.1 Å². The third-order valence-corrected chi connectivity index (χ3v) is 5.17. The van der Waals surface area contributed by atoms with Crippen molar-refractivity contribution in [2.75, 3.05) is 6.26 Å². The Labute approximate surface area is 163 Å². The van der Waals surface area contributed by atoms with E-state index in [2.05, 4.69) is 9.97 Å². The molecule has 7 nitrogen and oxygen atoms in total. The van der Waals surface area contributed by atoms with Crippen LogP contribution in [-0.4, -0.2) is 25.4 Å². The van der Waals surface area contributed by atoms with Gasteiger partial charge in [-0.05, 0) is 30.5 Å². The van der Waals surface area contributed by atoms with Gasteiger partial charge in [0.1, 0.15) is 0 Å². The highest BCUT2D eigenvalue weighted by Crippen LogP contribution is 2.24. The monoisotopic (exact) mass is 392 g/mol. The molecular formula is C20H16N4O3S. The lowest BCUT2D eigenvalue weighted by Crippen LogP contribution is -2.40. The Balaban J connectivity index is 2.06. The minimum absolute atomic E-state index is 0.0417. The van der Waals surface area contributed by atoms with Crippen LogP contribution in [0, 0.1) is 0 Å². The summed E-state index contributed by atoms with van der Waals surface area (Å²) in [5, 5.41) is 0.330. The molecule has 3 heterocycles. The molecule has 0 aliphatic carbocycles. The van der Waals surface area contributed by atoms with Crippen LogP contribution in [0.5, 0.6) is 0 Å². The molecule has 4 rings (SSSR count). The van der Waals surface area contributed by atoms with Crippen LogP contribution in [0.25, 0.3) is 16.7 Å². The van der Waals surface area contributed by atoms with Gasteiger partial charge in [-0.2, -0.15) is 0 Å². The molecule has 0 unspecified atom stereocenters. The van der Waals surface area contributed by atoms with Crippen molar-refractivity contribution in [3.05, 3.63) is 97.7 Å². The topological polar surface area (TPSA) is 89.8 Å². The second-order valence-electron chi connectivity index (χ2n) is 6.11. The molecule has 0 amide bonds. The van der Waals surface area contributed by atoms with Gasteiger partial charge in [-0.1, -0.05) is 12.1 Å². The van der Waals surface area contributed by atoms with E-state index in [4.69, 9.17) is 0 Å². The Morgan fingerprint density at radius 3 is 2.68 bits per heavy atom. The van der Waals surface area contributed by atoms with Crippen LogP contribution in [0.4, 0.5) is 0 Å². The summed E-state index contributed by atoms with van der Waals surface area (Å²) in [4.78, 5) is 46.1. The maximum Gasteiger partial charge on any atom is 0.337 e. The molecular weight excluding hydrogens is 376 g/mol. The first-order chi connectivity index (χ1) is 13.6. The molecule has 4 aromatic rings. The number of rotatable bonds is 4. The van der Waals surface area contributed by atoms with Crippen LogP contribution >= 0.6 is 11.8 Å². The van der Waals surface area contributed by atoms with E-state index in [1.807, 2.05) is 30.5 Å². The number of hydrogen-bond donors (Lipinski definition) is 1. The normalized spacial score (nSPS) is 11.0. The number of aromatic amines is 1. The van der Waals surface area contributed by atoms with E-state index in [0.717, 1.165) is 9.46 Å². The summed E-state index contributed by atoms with van der Waals surface area (Å²) in [6.07, 6.45) is 4.97. The van der Waals surface area contributed by atoms with Crippen molar-refractivity contribution in [3.63, 3.8) is 0 Å². The lowest BCUT2D eigenvalue weighted by molar-refractivity contribution is 0.668. The predicted molar refractivity (Wildman–Crippen MR) is 110 cm³/mol. The van der Waals surface area contributed by atoms with Crippen LogP contribution in [0.1, 0.15) is 5.69 Å². The second kappa shape index (κ2) is 7.32. The van der Waals surface area contributed by atoms with Crippen molar-refractivity contribution in [1.82, 2.24) is 19.1 Å². The van der Waals surface area contributed by atoms with Crippen LogP contribution < -0.4 is 16.7 Å². The first-order valence-electron chi connectivity index (χ1n) is 8.52. The standard InChI is InChI=1S/C20H16N4O3S/c1-28-17-7-3-2-6-16(17)24-18-15(5-4-9-22-18)19(26)23(20(24)27)12-13-11-14(25)8-10-21-13/h2-11H,12H2,1H3,(H,21,25). The number of benzene rings is 1. The highest BCUT2D eigenvalue weighted by molar-refractivity contribution is 7.98. The van der Waals surface area contributed by atoms with E-state index in [1.165, 1.54) is 34.7 Å². The summed E-state index contributed by atoms with van der Waals surface area (Å²) >= 11 is 1.50. The van der Waals surface area contributed by atoms with E-state index < -0.39 is 11.2 Å². The maximum absolute atomic E-state index is 13.3. The summed E-state index contributed by atoms with van der Waals surface area (Å²) in [6.45, 7) is -0.0417. The Kier molecular flexibility index (Phi) is 4.70. The Morgan fingerprint density at radius 1 is 1.07 bits per heavy atom. The lowest BCUT2D eigenvalue weighted by atomic mass is 10.2. The average molecular weight is 392 g/mol. The van der Waals surface area contributed by atoms with Gasteiger partial charge in [0.05, 0.1) is 17.6 Å². The van der Waals surface area contributed by atoms with Gasteiger partial charge in [-0.3, -0.25) is 14.2 Å². The maximum atomic E-state index is 13.3. The van der Waals surface area contributed by atoms with Crippen LogP contribution in [0.2, 0.25) is 0 Å². The number of para-hydroxylation sites is 1. The highest BCUT2D eigenvalue weighted by Gasteiger charge is 2.17. The fraction of sp³-hybridized carbons (Fsp3) is 0.100. The van der Waals surface area contributed by atoms with Gasteiger partial charge in [0.25, 0.3) is 5.56 Å². The number of pyridine rings is 2. The van der Waals surface area contributed by atoms with Crippen molar-refractivity contribution >= 4 is 22.8 Å². The van der Waals surface area contributed by atoms with Gasteiger partial charge < -0.3 is 4.98 Å². The summed E-state index contributed by atoms with van der Waals surface area (Å²) in [5.41, 5.74) is 0.269. The predicted octanol–water partition coefficient (Wildman–Crippen LogP) is 2.01. The Morgan fingerprint density at radius 2 is 1.89 bits per heavy atom. The quantitative estimate of drug-likeness (QED) is 0.537. The molecule has 0 bridgehead atoms. The van der Waals surface area contributed by atoms with E-state index in [1.54, 1.807) is 18.3 Å². The Bertz CT molecular complexity index is 1350. The number of nitrogens with zero attached hydrogens (tertiary/aromatic N) is 3. The van der Waals surface area contributed by atoms with Crippen molar-refractivity contribution in [3.8, 4) is 5.69 Å². The van der Waals surface area contributed by atoms with E-state index in [9.17, 15) is 14.4 Å². The molecule has 0 aliphatic rings. The van der Waals surface area contributed by atoms with Crippen LogP contribution in [0.3, 0.4) is 0 Å². The largest absolute Gasteiger partial charge is 0.363 e. The molecule has 8 heteroatoms. The molecule has 3 aromatic heterocycles. The Hall–Kier alpha value is -3.39. The molecule has 0 fully saturated rings. The summed E-state index contributed by atoms with van der Waals surface area (Å²) in [6, 6.07) is 13.5. The van der Waals surface area contributed by atoms with Crippen molar-refractivity contribution in [1.29, 1.82) is 0 Å². The lowest BCUT2D eigenvalue weighted by Gasteiger charge is -2.15. The average Bonchev–Trinajstić information content (AvgIpc) is 2.72. The molecule has 0 radical (unpaired) electrons. The zero-order valence-corrected chi connectivity index (χ0v) is 15.8. The van der Waals surface area contributed by atoms with Gasteiger partial charge in [0.2, 0.25) is 0 Å². The third-order valence-electron chi connectivity index (χ3n) is 4.38. The molecule has 1 aromatic carbocycles. The number of hydrogen-bond acceptors (Lipinski definition) is 5. The number of H-pyrrole nitrogens is 1. The molecule has 0 spiro atoms. The number of aromatic nitrogens is 4. The number of fused-ring (bicyclic) bond motifs is 1. The van der Waals surface area contributed by atoms with E-state index >= 15 is 0 Å². The molecule has 0 aliphatic heterocycles. The molecule has 1 N–H and O–H groups in total. The zero-order chi connectivity index (χ0) is 19.7. The minimum Gasteiger partial charge on any atom is -0.363 e. The summed E-state index contributed by atoms with van der Waals surface area (Å²) in [5.74, 6) is 0. The highest BCUT2D eigenvalue weighted by atomic mass is 32.2. The van der Waals surface area contributed by atoms with Gasteiger partial charge in [0.15, 0.2) is 11.1 Å². The van der Waals surface area contributed by atoms with E-state index in [-0.39, 0.29) is 12.0 Å².